The highest BCUT2D eigenvalue weighted by Crippen LogP contribution is 2.22. The summed E-state index contributed by atoms with van der Waals surface area (Å²) in [6.07, 6.45) is 1.15. The summed E-state index contributed by atoms with van der Waals surface area (Å²) < 4.78 is 0. The zero-order valence-corrected chi connectivity index (χ0v) is 16.6. The predicted molar refractivity (Wildman–Crippen MR) is 104 cm³/mol. The molecule has 29 heavy (non-hydrogen) atoms. The molecule has 2 heterocycles. The first-order valence-electron chi connectivity index (χ1n) is 9.88. The molecule has 3 rings (SSSR count). The van der Waals surface area contributed by atoms with E-state index >= 15 is 0 Å². The molecular weight excluding hydrogens is 374 g/mol. The number of amides is 4. The van der Waals surface area contributed by atoms with Crippen molar-refractivity contribution in [1.82, 2.24) is 14.7 Å². The fourth-order valence-electron chi connectivity index (χ4n) is 3.67. The highest BCUT2D eigenvalue weighted by molar-refractivity contribution is 6.21. The topological polar surface area (TPSA) is 95.1 Å². The molecule has 8 heteroatoms. The molecule has 1 fully saturated rings. The van der Waals surface area contributed by atoms with Gasteiger partial charge in [-0.2, -0.15) is 0 Å². The standard InChI is InChI=1S/C21H25N3O5/c1-15(25)7-8-18(26)22-10-4-11-23(14-13-22)19(27)9-12-24-20(28)16-5-2-3-6-17(16)21(24)29/h2-3,5-6H,4,7-14H2,1H3. The molecule has 1 aromatic carbocycles. The lowest BCUT2D eigenvalue weighted by Crippen LogP contribution is -2.39. The summed E-state index contributed by atoms with van der Waals surface area (Å²) in [5.41, 5.74) is 0.749. The number of carbonyl (C=O) groups is 5. The highest BCUT2D eigenvalue weighted by Gasteiger charge is 2.35. The van der Waals surface area contributed by atoms with Crippen molar-refractivity contribution in [3.05, 3.63) is 35.4 Å². The van der Waals surface area contributed by atoms with E-state index in [-0.39, 0.29) is 55.2 Å². The Bertz CT molecular complexity index is 815. The third-order valence-corrected chi connectivity index (χ3v) is 5.32. The number of imide groups is 1. The summed E-state index contributed by atoms with van der Waals surface area (Å²) >= 11 is 0. The first-order chi connectivity index (χ1) is 13.9. The molecule has 1 saturated heterocycles. The van der Waals surface area contributed by atoms with Crippen LogP contribution in [0.25, 0.3) is 0 Å². The van der Waals surface area contributed by atoms with Crippen molar-refractivity contribution in [3.8, 4) is 0 Å². The Balaban J connectivity index is 1.50. The van der Waals surface area contributed by atoms with Gasteiger partial charge in [0.15, 0.2) is 0 Å². The second-order valence-corrected chi connectivity index (χ2v) is 7.37. The van der Waals surface area contributed by atoms with Crippen molar-refractivity contribution in [1.29, 1.82) is 0 Å². The van der Waals surface area contributed by atoms with Gasteiger partial charge in [-0.1, -0.05) is 12.1 Å². The number of fused-ring (bicyclic) bond motifs is 1. The van der Waals surface area contributed by atoms with Crippen LogP contribution in [0.1, 0.15) is 53.3 Å². The molecule has 0 aliphatic carbocycles. The summed E-state index contributed by atoms with van der Waals surface area (Å²) in [5.74, 6) is -0.953. The minimum absolute atomic E-state index is 0.0156. The smallest absolute Gasteiger partial charge is 0.261 e. The quantitative estimate of drug-likeness (QED) is 0.668. The average Bonchev–Trinajstić information content (AvgIpc) is 2.87. The number of benzene rings is 1. The summed E-state index contributed by atoms with van der Waals surface area (Å²) in [6.45, 7) is 3.42. The molecule has 1 aromatic rings. The monoisotopic (exact) mass is 399 g/mol. The Labute approximate surface area is 169 Å². The highest BCUT2D eigenvalue weighted by atomic mass is 16.2. The van der Waals surface area contributed by atoms with E-state index in [2.05, 4.69) is 0 Å². The van der Waals surface area contributed by atoms with Gasteiger partial charge in [-0.15, -0.1) is 0 Å². The van der Waals surface area contributed by atoms with Gasteiger partial charge in [-0.05, 0) is 25.5 Å². The number of ketones is 1. The van der Waals surface area contributed by atoms with Crippen molar-refractivity contribution >= 4 is 29.4 Å². The summed E-state index contributed by atoms with van der Waals surface area (Å²) in [5, 5.41) is 0. The number of hydrogen-bond acceptors (Lipinski definition) is 5. The van der Waals surface area contributed by atoms with Crippen molar-refractivity contribution in [3.63, 3.8) is 0 Å². The van der Waals surface area contributed by atoms with E-state index in [0.717, 1.165) is 4.90 Å². The third kappa shape index (κ3) is 4.70. The summed E-state index contributed by atoms with van der Waals surface area (Å²) in [7, 11) is 0. The number of hydrogen-bond donors (Lipinski definition) is 0. The molecule has 0 radical (unpaired) electrons. The molecule has 0 aromatic heterocycles. The maximum absolute atomic E-state index is 12.6. The lowest BCUT2D eigenvalue weighted by atomic mass is 10.1. The van der Waals surface area contributed by atoms with Crippen molar-refractivity contribution in [2.75, 3.05) is 32.7 Å². The van der Waals surface area contributed by atoms with Crippen LogP contribution in [-0.2, 0) is 14.4 Å². The molecule has 154 valence electrons. The second-order valence-electron chi connectivity index (χ2n) is 7.37. The van der Waals surface area contributed by atoms with Crippen LogP contribution in [-0.4, -0.2) is 76.8 Å². The van der Waals surface area contributed by atoms with E-state index in [1.165, 1.54) is 6.92 Å². The number of Topliss-reactive ketones (excluding diaryl/α,β-unsaturated/α-hetero) is 1. The van der Waals surface area contributed by atoms with Crippen LogP contribution < -0.4 is 0 Å². The van der Waals surface area contributed by atoms with E-state index in [1.54, 1.807) is 34.1 Å². The van der Waals surface area contributed by atoms with Gasteiger partial charge in [0.05, 0.1) is 11.1 Å². The molecule has 0 unspecified atom stereocenters. The lowest BCUT2D eigenvalue weighted by molar-refractivity contribution is -0.134. The third-order valence-electron chi connectivity index (χ3n) is 5.32. The van der Waals surface area contributed by atoms with Crippen LogP contribution in [0, 0.1) is 0 Å². The van der Waals surface area contributed by atoms with Crippen LogP contribution in [0.4, 0.5) is 0 Å². The number of rotatable bonds is 6. The van der Waals surface area contributed by atoms with Gasteiger partial charge in [-0.3, -0.25) is 24.1 Å². The Kier molecular flexibility index (Phi) is 6.41. The van der Waals surface area contributed by atoms with Gasteiger partial charge in [0.1, 0.15) is 5.78 Å². The molecule has 2 aliphatic rings. The molecule has 0 bridgehead atoms. The van der Waals surface area contributed by atoms with Crippen molar-refractivity contribution in [2.45, 2.75) is 32.6 Å². The van der Waals surface area contributed by atoms with Crippen molar-refractivity contribution < 1.29 is 24.0 Å². The largest absolute Gasteiger partial charge is 0.341 e. The van der Waals surface area contributed by atoms with Gasteiger partial charge < -0.3 is 14.6 Å². The summed E-state index contributed by atoms with van der Waals surface area (Å²) in [4.78, 5) is 65.2. The Hall–Kier alpha value is -3.03. The molecule has 4 amide bonds. The first kappa shape index (κ1) is 20.7. The van der Waals surface area contributed by atoms with E-state index in [1.807, 2.05) is 0 Å². The maximum atomic E-state index is 12.6. The molecule has 0 N–H and O–H groups in total. The van der Waals surface area contributed by atoms with Gasteiger partial charge in [0.2, 0.25) is 11.8 Å². The van der Waals surface area contributed by atoms with E-state index in [0.29, 0.717) is 43.7 Å². The van der Waals surface area contributed by atoms with Gasteiger partial charge in [-0.25, -0.2) is 0 Å². The van der Waals surface area contributed by atoms with Gasteiger partial charge >= 0.3 is 0 Å². The second kappa shape index (κ2) is 8.98. The normalized spacial score (nSPS) is 16.7. The van der Waals surface area contributed by atoms with Crippen molar-refractivity contribution in [2.24, 2.45) is 0 Å². The molecule has 2 aliphatic heterocycles. The molecule has 0 saturated carbocycles. The van der Waals surface area contributed by atoms with Crippen LogP contribution in [0.5, 0.6) is 0 Å². The molecular formula is C21H25N3O5. The van der Waals surface area contributed by atoms with E-state index < -0.39 is 0 Å². The first-order valence-corrected chi connectivity index (χ1v) is 9.88. The zero-order chi connectivity index (χ0) is 21.0. The molecule has 0 spiro atoms. The SMILES string of the molecule is CC(=O)CCC(=O)N1CCCN(C(=O)CCN2C(=O)c3ccccc3C2=O)CC1. The van der Waals surface area contributed by atoms with Crippen LogP contribution >= 0.6 is 0 Å². The molecule has 8 nitrogen and oxygen atoms in total. The molecule has 0 atom stereocenters. The Morgan fingerprint density at radius 1 is 0.793 bits per heavy atom. The van der Waals surface area contributed by atoms with Crippen LogP contribution in [0.3, 0.4) is 0 Å². The van der Waals surface area contributed by atoms with Crippen LogP contribution in [0.2, 0.25) is 0 Å². The van der Waals surface area contributed by atoms with E-state index in [9.17, 15) is 24.0 Å². The number of nitrogens with zero attached hydrogens (tertiary/aromatic N) is 3. The fourth-order valence-corrected chi connectivity index (χ4v) is 3.67. The Morgan fingerprint density at radius 3 is 1.83 bits per heavy atom. The van der Waals surface area contributed by atoms with E-state index in [4.69, 9.17) is 0 Å². The fraction of sp³-hybridized carbons (Fsp3) is 0.476. The summed E-state index contributed by atoms with van der Waals surface area (Å²) in [6, 6.07) is 6.65. The average molecular weight is 399 g/mol. The predicted octanol–water partition coefficient (Wildman–Crippen LogP) is 1.10. The number of carbonyl (C=O) groups excluding carboxylic acids is 5. The minimum atomic E-state index is -0.364. The maximum Gasteiger partial charge on any atom is 0.261 e. The van der Waals surface area contributed by atoms with Crippen LogP contribution in [0.15, 0.2) is 24.3 Å². The zero-order valence-electron chi connectivity index (χ0n) is 16.6. The lowest BCUT2D eigenvalue weighted by Gasteiger charge is -2.23. The minimum Gasteiger partial charge on any atom is -0.341 e. The van der Waals surface area contributed by atoms with Gasteiger partial charge in [0.25, 0.3) is 11.8 Å². The Morgan fingerprint density at radius 2 is 1.31 bits per heavy atom. The van der Waals surface area contributed by atoms with Gasteiger partial charge in [0, 0.05) is 52.0 Å².